The Kier molecular flexibility index (Phi) is 5.79. The second-order valence-electron chi connectivity index (χ2n) is 3.11. The summed E-state index contributed by atoms with van der Waals surface area (Å²) in [5.74, 6) is -0.172. The van der Waals surface area contributed by atoms with Crippen molar-refractivity contribution in [1.29, 1.82) is 0 Å². The van der Waals surface area contributed by atoms with E-state index in [9.17, 15) is 4.39 Å². The molecule has 0 unspecified atom stereocenters. The molecule has 2 aromatic carbocycles. The third kappa shape index (κ3) is 3.78. The molecule has 0 amide bonds. The molecule has 0 atom stereocenters. The van der Waals surface area contributed by atoms with Gasteiger partial charge in [0.15, 0.2) is 0 Å². The summed E-state index contributed by atoms with van der Waals surface area (Å²) in [5, 5.41) is 1.06. The molecule has 0 saturated heterocycles. The molecule has 0 heterocycles. The lowest BCUT2D eigenvalue weighted by Crippen LogP contribution is -1.81. The second-order valence-corrected chi connectivity index (χ2v) is 4.23. The van der Waals surface area contributed by atoms with E-state index >= 15 is 0 Å². The Morgan fingerprint density at radius 3 is 2.00 bits per heavy atom. The normalized spacial score (nSPS) is 9.19. The molecule has 2 rings (SSSR count). The minimum atomic E-state index is -0.172. The van der Waals surface area contributed by atoms with Crippen LogP contribution in [0, 0.1) is 5.82 Å². The van der Waals surface area contributed by atoms with E-state index in [2.05, 4.69) is 15.9 Å². The quantitative estimate of drug-likeness (QED) is 0.652. The smallest absolute Gasteiger partial charge is 0.131 e. The van der Waals surface area contributed by atoms with Crippen molar-refractivity contribution in [2.24, 2.45) is 0 Å². The van der Waals surface area contributed by atoms with E-state index in [1.54, 1.807) is 12.1 Å². The summed E-state index contributed by atoms with van der Waals surface area (Å²) < 4.78 is 13.3. The van der Waals surface area contributed by atoms with Gasteiger partial charge in [-0.25, -0.2) is 4.39 Å². The zero-order chi connectivity index (χ0) is 11.8. The first-order valence-electron chi connectivity index (χ1n) is 5.15. The number of benzene rings is 2. The highest BCUT2D eigenvalue weighted by atomic mass is 79.9. The van der Waals surface area contributed by atoms with Crippen molar-refractivity contribution < 1.29 is 4.39 Å². The third-order valence-corrected chi connectivity index (χ3v) is 1.96. The van der Waals surface area contributed by atoms with Crippen molar-refractivity contribution in [2.75, 3.05) is 5.33 Å². The minimum absolute atomic E-state index is 0.172. The molecule has 0 aliphatic rings. The van der Waals surface area contributed by atoms with E-state index < -0.39 is 0 Å². The van der Waals surface area contributed by atoms with Gasteiger partial charge in [0.1, 0.15) is 5.82 Å². The predicted molar refractivity (Wildman–Crippen MR) is 71.3 cm³/mol. The fourth-order valence-corrected chi connectivity index (χ4v) is 1.31. The van der Waals surface area contributed by atoms with Gasteiger partial charge in [-0.1, -0.05) is 71.4 Å². The van der Waals surface area contributed by atoms with Crippen LogP contribution in [0.3, 0.4) is 0 Å². The first kappa shape index (κ1) is 12.9. The molecule has 0 fully saturated rings. The molecule has 0 aliphatic heterocycles. The van der Waals surface area contributed by atoms with Crippen LogP contribution in [0.5, 0.6) is 0 Å². The fraction of sp³-hybridized carbons (Fsp3) is 0.143. The zero-order valence-electron chi connectivity index (χ0n) is 9.16. The molecular formula is C14H14BrF. The highest BCUT2D eigenvalue weighted by molar-refractivity contribution is 9.09. The number of halogens is 2. The molecule has 0 aliphatic carbocycles. The zero-order valence-corrected chi connectivity index (χ0v) is 10.7. The first-order chi connectivity index (χ1) is 7.79. The average Bonchev–Trinajstić information content (AvgIpc) is 2.32. The molecule has 84 valence electrons. The summed E-state index contributed by atoms with van der Waals surface area (Å²) in [6.45, 7) is 2.04. The molecule has 0 aromatic heterocycles. The maximum Gasteiger partial charge on any atom is 0.131 e. The van der Waals surface area contributed by atoms with E-state index in [1.165, 1.54) is 6.07 Å². The Labute approximate surface area is 104 Å². The Hall–Kier alpha value is -1.15. The largest absolute Gasteiger partial charge is 0.206 e. The molecule has 0 radical (unpaired) electrons. The standard InChI is InChI=1S/C12H9F.C2H5Br/c13-12-9-5-4-8-11(12)10-6-2-1-3-7-10;1-2-3/h1-9H;2H2,1H3. The number of rotatable bonds is 1. The van der Waals surface area contributed by atoms with Crippen molar-refractivity contribution >= 4 is 15.9 Å². The summed E-state index contributed by atoms with van der Waals surface area (Å²) in [5.41, 5.74) is 1.57. The predicted octanol–water partition coefficient (Wildman–Crippen LogP) is 4.89. The summed E-state index contributed by atoms with van der Waals surface area (Å²) in [6, 6.07) is 16.3. The molecule has 16 heavy (non-hydrogen) atoms. The first-order valence-corrected chi connectivity index (χ1v) is 6.27. The SMILES string of the molecule is CCBr.Fc1ccccc1-c1ccccc1. The van der Waals surface area contributed by atoms with Crippen LogP contribution < -0.4 is 0 Å². The van der Waals surface area contributed by atoms with Crippen molar-refractivity contribution in [2.45, 2.75) is 6.92 Å². The molecule has 0 bridgehead atoms. The molecule has 2 heteroatoms. The Morgan fingerprint density at radius 2 is 1.44 bits per heavy atom. The lowest BCUT2D eigenvalue weighted by atomic mass is 10.1. The highest BCUT2D eigenvalue weighted by Crippen LogP contribution is 2.21. The number of hydrogen-bond acceptors (Lipinski definition) is 0. The lowest BCUT2D eigenvalue weighted by molar-refractivity contribution is 0.631. The molecular weight excluding hydrogens is 267 g/mol. The third-order valence-electron chi connectivity index (χ3n) is 1.96. The van der Waals surface area contributed by atoms with Crippen LogP contribution >= 0.6 is 15.9 Å². The minimum Gasteiger partial charge on any atom is -0.206 e. The Balaban J connectivity index is 0.000000386. The van der Waals surface area contributed by atoms with Crippen LogP contribution in [0.1, 0.15) is 6.92 Å². The summed E-state index contributed by atoms with van der Waals surface area (Å²) in [4.78, 5) is 0. The fourth-order valence-electron chi connectivity index (χ4n) is 1.31. The molecule has 2 aromatic rings. The van der Waals surface area contributed by atoms with E-state index in [-0.39, 0.29) is 5.82 Å². The van der Waals surface area contributed by atoms with Crippen molar-refractivity contribution in [3.63, 3.8) is 0 Å². The summed E-state index contributed by atoms with van der Waals surface area (Å²) in [6.07, 6.45) is 0. The number of alkyl halides is 1. The van der Waals surface area contributed by atoms with Crippen LogP contribution in [0.25, 0.3) is 11.1 Å². The maximum absolute atomic E-state index is 13.3. The summed E-state index contributed by atoms with van der Waals surface area (Å²) in [7, 11) is 0. The van der Waals surface area contributed by atoms with E-state index in [0.717, 1.165) is 10.9 Å². The van der Waals surface area contributed by atoms with Gasteiger partial charge in [-0.05, 0) is 11.6 Å². The van der Waals surface area contributed by atoms with Crippen molar-refractivity contribution in [1.82, 2.24) is 0 Å². The van der Waals surface area contributed by atoms with E-state index in [1.807, 2.05) is 43.3 Å². The van der Waals surface area contributed by atoms with Gasteiger partial charge in [0.05, 0.1) is 0 Å². The van der Waals surface area contributed by atoms with Crippen LogP contribution in [0.15, 0.2) is 54.6 Å². The molecule has 0 spiro atoms. The van der Waals surface area contributed by atoms with Gasteiger partial charge >= 0.3 is 0 Å². The maximum atomic E-state index is 13.3. The van der Waals surface area contributed by atoms with Gasteiger partial charge in [-0.2, -0.15) is 0 Å². The highest BCUT2D eigenvalue weighted by Gasteiger charge is 2.01. The summed E-state index contributed by atoms with van der Waals surface area (Å²) >= 11 is 3.15. The number of hydrogen-bond donors (Lipinski definition) is 0. The van der Waals surface area contributed by atoms with Gasteiger partial charge in [-0.3, -0.25) is 0 Å². The molecule has 0 saturated carbocycles. The van der Waals surface area contributed by atoms with Crippen molar-refractivity contribution in [3.8, 4) is 11.1 Å². The van der Waals surface area contributed by atoms with E-state index in [0.29, 0.717) is 5.56 Å². The van der Waals surface area contributed by atoms with E-state index in [4.69, 9.17) is 0 Å². The van der Waals surface area contributed by atoms with Crippen molar-refractivity contribution in [3.05, 3.63) is 60.4 Å². The van der Waals surface area contributed by atoms with Crippen LogP contribution in [0.4, 0.5) is 4.39 Å². The monoisotopic (exact) mass is 280 g/mol. The molecule has 0 N–H and O–H groups in total. The van der Waals surface area contributed by atoms with Crippen LogP contribution in [-0.4, -0.2) is 5.33 Å². The van der Waals surface area contributed by atoms with Gasteiger partial charge in [0, 0.05) is 10.9 Å². The lowest BCUT2D eigenvalue weighted by Gasteiger charge is -2.01. The van der Waals surface area contributed by atoms with Gasteiger partial charge < -0.3 is 0 Å². The Morgan fingerprint density at radius 1 is 0.938 bits per heavy atom. The van der Waals surface area contributed by atoms with Crippen LogP contribution in [0.2, 0.25) is 0 Å². The Bertz CT molecular complexity index is 412. The second kappa shape index (κ2) is 7.18. The average molecular weight is 281 g/mol. The van der Waals surface area contributed by atoms with Crippen LogP contribution in [-0.2, 0) is 0 Å². The van der Waals surface area contributed by atoms with Gasteiger partial charge in [-0.15, -0.1) is 0 Å². The topological polar surface area (TPSA) is 0 Å². The van der Waals surface area contributed by atoms with Gasteiger partial charge in [0.2, 0.25) is 0 Å². The molecule has 0 nitrogen and oxygen atoms in total. The van der Waals surface area contributed by atoms with Gasteiger partial charge in [0.25, 0.3) is 0 Å².